The predicted octanol–water partition coefficient (Wildman–Crippen LogP) is -2.80. The Balaban J connectivity index is 5.69. The van der Waals surface area contributed by atoms with Gasteiger partial charge in [-0.1, -0.05) is 13.8 Å². The number of nitrogens with two attached hydrogens (primary N) is 1. The largest absolute Gasteiger partial charge is 0.481 e. The number of aliphatic carboxylic acids is 2. The molecule has 16 heteroatoms. The monoisotopic (exact) mass is 545 g/mol. The van der Waals surface area contributed by atoms with Gasteiger partial charge in [0.25, 0.3) is 0 Å². The maximum Gasteiger partial charge on any atom is 0.326 e. The summed E-state index contributed by atoms with van der Waals surface area (Å²) in [6.45, 7) is 4.11. The molecule has 0 heterocycles. The number of hydrogen-bond acceptors (Lipinski definition) is 8. The summed E-state index contributed by atoms with van der Waals surface area (Å²) >= 11 is 0. The zero-order chi connectivity index (χ0) is 29.4. The van der Waals surface area contributed by atoms with E-state index in [2.05, 4.69) is 26.6 Å². The van der Waals surface area contributed by atoms with Crippen molar-refractivity contribution in [3.8, 4) is 0 Å². The van der Waals surface area contributed by atoms with Crippen LogP contribution in [0.2, 0.25) is 0 Å². The summed E-state index contributed by atoms with van der Waals surface area (Å²) in [6.07, 6.45) is -0.504. The highest BCUT2D eigenvalue weighted by atomic mass is 16.4. The molecule has 0 aliphatic carbocycles. The minimum absolute atomic E-state index is 0.0163. The normalized spacial score (nSPS) is 13.8. The highest BCUT2D eigenvalue weighted by Crippen LogP contribution is 2.09. The number of rotatable bonds is 18. The van der Waals surface area contributed by atoms with E-state index in [-0.39, 0.29) is 44.1 Å². The van der Waals surface area contributed by atoms with Gasteiger partial charge in [-0.15, -0.1) is 0 Å². The van der Waals surface area contributed by atoms with Crippen LogP contribution in [0, 0.1) is 11.3 Å². The Kier molecular flexibility index (Phi) is 15.7. The molecule has 0 fully saturated rings. The summed E-state index contributed by atoms with van der Waals surface area (Å²) in [5, 5.41) is 46.8. The SMILES string of the molecule is CC(=O)N[C@@H](CO)C(=O)N[C@@H](CCCNC(=N)N)C(=O)N[C@@H](CC(C)C)C(=O)N[C@@H](CCC(=O)O)C(=O)O. The van der Waals surface area contributed by atoms with Crippen molar-refractivity contribution < 1.29 is 44.1 Å². The molecule has 4 amide bonds. The molecule has 216 valence electrons. The average molecular weight is 546 g/mol. The Bertz CT molecular complexity index is 866. The molecule has 0 rings (SSSR count). The first-order valence-corrected chi connectivity index (χ1v) is 12.0. The average Bonchev–Trinajstić information content (AvgIpc) is 2.80. The number of aliphatic hydroxyl groups is 1. The van der Waals surface area contributed by atoms with Crippen LogP contribution in [0.4, 0.5) is 0 Å². The summed E-state index contributed by atoms with van der Waals surface area (Å²) < 4.78 is 0. The van der Waals surface area contributed by atoms with E-state index >= 15 is 0 Å². The molecule has 0 unspecified atom stereocenters. The van der Waals surface area contributed by atoms with Crippen LogP contribution in [0.15, 0.2) is 0 Å². The van der Waals surface area contributed by atoms with E-state index in [9.17, 15) is 39.0 Å². The highest BCUT2D eigenvalue weighted by Gasteiger charge is 2.31. The van der Waals surface area contributed by atoms with Crippen molar-refractivity contribution in [3.63, 3.8) is 0 Å². The summed E-state index contributed by atoms with van der Waals surface area (Å²) in [7, 11) is 0. The molecule has 0 saturated heterocycles. The molecule has 0 aromatic heterocycles. The number of amides is 4. The number of carbonyl (C=O) groups is 6. The lowest BCUT2D eigenvalue weighted by atomic mass is 10.0. The lowest BCUT2D eigenvalue weighted by Gasteiger charge is -2.26. The van der Waals surface area contributed by atoms with Crippen molar-refractivity contribution in [1.82, 2.24) is 26.6 Å². The lowest BCUT2D eigenvalue weighted by molar-refractivity contribution is -0.143. The Morgan fingerprint density at radius 3 is 1.82 bits per heavy atom. The minimum Gasteiger partial charge on any atom is -0.481 e. The third kappa shape index (κ3) is 14.6. The van der Waals surface area contributed by atoms with Crippen LogP contribution < -0.4 is 32.3 Å². The van der Waals surface area contributed by atoms with Crippen molar-refractivity contribution in [2.24, 2.45) is 11.7 Å². The van der Waals surface area contributed by atoms with Gasteiger partial charge in [0.05, 0.1) is 6.61 Å². The van der Waals surface area contributed by atoms with Gasteiger partial charge in [0, 0.05) is 19.9 Å². The molecule has 0 radical (unpaired) electrons. The first-order chi connectivity index (χ1) is 17.7. The van der Waals surface area contributed by atoms with E-state index in [0.717, 1.165) is 6.92 Å². The molecule has 0 saturated carbocycles. The zero-order valence-electron chi connectivity index (χ0n) is 21.7. The van der Waals surface area contributed by atoms with Gasteiger partial charge in [0.15, 0.2) is 5.96 Å². The van der Waals surface area contributed by atoms with Gasteiger partial charge >= 0.3 is 11.9 Å². The third-order valence-electron chi connectivity index (χ3n) is 5.10. The van der Waals surface area contributed by atoms with Crippen molar-refractivity contribution >= 4 is 41.5 Å². The lowest BCUT2D eigenvalue weighted by Crippen LogP contribution is -2.58. The zero-order valence-corrected chi connectivity index (χ0v) is 21.7. The molecule has 16 nitrogen and oxygen atoms in total. The van der Waals surface area contributed by atoms with Crippen LogP contribution in [0.25, 0.3) is 0 Å². The number of carboxylic acids is 2. The summed E-state index contributed by atoms with van der Waals surface area (Å²) in [5.74, 6) is -6.19. The number of guanidine groups is 1. The Morgan fingerprint density at radius 1 is 0.816 bits per heavy atom. The molecular formula is C22H39N7O9. The van der Waals surface area contributed by atoms with Gasteiger partial charge in [-0.05, 0) is 31.6 Å². The van der Waals surface area contributed by atoms with Crippen LogP contribution >= 0.6 is 0 Å². The van der Waals surface area contributed by atoms with E-state index in [1.165, 1.54) is 0 Å². The fraction of sp³-hybridized carbons (Fsp3) is 0.682. The predicted molar refractivity (Wildman–Crippen MR) is 134 cm³/mol. The molecule has 38 heavy (non-hydrogen) atoms. The van der Waals surface area contributed by atoms with E-state index in [1.807, 2.05) is 0 Å². The molecule has 11 N–H and O–H groups in total. The van der Waals surface area contributed by atoms with Crippen molar-refractivity contribution in [3.05, 3.63) is 0 Å². The second-order valence-corrected chi connectivity index (χ2v) is 9.00. The second kappa shape index (κ2) is 17.5. The quantitative estimate of drug-likeness (QED) is 0.0477. The van der Waals surface area contributed by atoms with E-state index in [1.54, 1.807) is 13.8 Å². The van der Waals surface area contributed by atoms with Crippen LogP contribution in [-0.2, 0) is 28.8 Å². The van der Waals surface area contributed by atoms with Crippen molar-refractivity contribution in [2.45, 2.75) is 77.0 Å². The summed E-state index contributed by atoms with van der Waals surface area (Å²) in [6, 6.07) is -5.28. The first kappa shape index (κ1) is 34.0. The first-order valence-electron chi connectivity index (χ1n) is 12.0. The highest BCUT2D eigenvalue weighted by molar-refractivity contribution is 5.95. The fourth-order valence-corrected chi connectivity index (χ4v) is 3.28. The van der Waals surface area contributed by atoms with Crippen LogP contribution in [0.5, 0.6) is 0 Å². The Morgan fingerprint density at radius 2 is 1.34 bits per heavy atom. The van der Waals surface area contributed by atoms with E-state index < -0.39 is 72.8 Å². The minimum atomic E-state index is -1.50. The standard InChI is InChI=1S/C22H39N7O9/c1-11(2)9-15(19(35)28-14(21(37)38)6-7-17(32)33)29-18(34)13(5-4-8-25-22(23)24)27-20(36)16(10-30)26-12(3)31/h11,13-16,30H,4-10H2,1-3H3,(H,26,31)(H,27,36)(H,28,35)(H,29,34)(H,32,33)(H,37,38)(H4,23,24,25)/t13-,14-,15-,16-/m0/s1. The molecule has 0 aliphatic heterocycles. The Labute approximate surface area is 220 Å². The molecular weight excluding hydrogens is 506 g/mol. The van der Waals surface area contributed by atoms with Crippen molar-refractivity contribution in [2.75, 3.05) is 13.2 Å². The smallest absolute Gasteiger partial charge is 0.326 e. The fourth-order valence-electron chi connectivity index (χ4n) is 3.28. The third-order valence-corrected chi connectivity index (χ3v) is 5.10. The van der Waals surface area contributed by atoms with Crippen LogP contribution in [0.1, 0.15) is 52.9 Å². The van der Waals surface area contributed by atoms with Crippen LogP contribution in [-0.4, -0.2) is 94.2 Å². The summed E-state index contributed by atoms with van der Waals surface area (Å²) in [4.78, 5) is 72.2. The maximum absolute atomic E-state index is 13.1. The number of hydrogen-bond donors (Lipinski definition) is 10. The maximum atomic E-state index is 13.1. The van der Waals surface area contributed by atoms with Gasteiger partial charge in [-0.25, -0.2) is 4.79 Å². The number of aliphatic hydroxyl groups excluding tert-OH is 1. The molecule has 0 aromatic carbocycles. The summed E-state index contributed by atoms with van der Waals surface area (Å²) in [5.41, 5.74) is 5.23. The topological polar surface area (TPSA) is 273 Å². The van der Waals surface area contributed by atoms with Gasteiger partial charge in [0.1, 0.15) is 24.2 Å². The molecule has 0 spiro atoms. The van der Waals surface area contributed by atoms with Crippen molar-refractivity contribution in [1.29, 1.82) is 5.41 Å². The van der Waals surface area contributed by atoms with Gasteiger partial charge in [-0.2, -0.15) is 0 Å². The second-order valence-electron chi connectivity index (χ2n) is 9.00. The van der Waals surface area contributed by atoms with Gasteiger partial charge in [0.2, 0.25) is 23.6 Å². The number of nitrogens with one attached hydrogen (secondary N) is 6. The molecule has 0 aliphatic rings. The molecule has 0 aromatic rings. The number of carbonyl (C=O) groups excluding carboxylic acids is 4. The Hall–Kier alpha value is -3.95. The number of carboxylic acid groups (broad SMARTS) is 2. The van der Waals surface area contributed by atoms with E-state index in [0.29, 0.717) is 0 Å². The van der Waals surface area contributed by atoms with Gasteiger partial charge < -0.3 is 47.6 Å². The van der Waals surface area contributed by atoms with Crippen LogP contribution in [0.3, 0.4) is 0 Å². The van der Waals surface area contributed by atoms with Gasteiger partial charge in [-0.3, -0.25) is 29.4 Å². The van der Waals surface area contributed by atoms with E-state index in [4.69, 9.17) is 16.2 Å². The molecule has 0 bridgehead atoms. The molecule has 4 atom stereocenters.